The van der Waals surface area contributed by atoms with Gasteiger partial charge in [0.05, 0.1) is 5.56 Å². The first-order valence-electron chi connectivity index (χ1n) is 6.59. The molecule has 0 amide bonds. The first-order valence-corrected chi connectivity index (χ1v) is 6.59. The zero-order valence-electron chi connectivity index (χ0n) is 10.9. The van der Waals surface area contributed by atoms with Crippen LogP contribution in [0.1, 0.15) is 27.9 Å². The van der Waals surface area contributed by atoms with Crippen molar-refractivity contribution >= 4 is 17.1 Å². The van der Waals surface area contributed by atoms with Crippen molar-refractivity contribution in [1.29, 1.82) is 0 Å². The molecule has 0 aliphatic carbocycles. The predicted molar refractivity (Wildman–Crippen MR) is 74.5 cm³/mol. The van der Waals surface area contributed by atoms with Crippen LogP contribution >= 0.6 is 0 Å². The van der Waals surface area contributed by atoms with Gasteiger partial charge in [-0.1, -0.05) is 18.2 Å². The molecule has 1 unspecified atom stereocenters. The average Bonchev–Trinajstić information content (AvgIpc) is 3.09. The van der Waals surface area contributed by atoms with Gasteiger partial charge < -0.3 is 14.3 Å². The van der Waals surface area contributed by atoms with Gasteiger partial charge in [0.2, 0.25) is 5.89 Å². The van der Waals surface area contributed by atoms with Gasteiger partial charge in [-0.05, 0) is 29.8 Å². The second kappa shape index (κ2) is 4.34. The zero-order valence-corrected chi connectivity index (χ0v) is 10.9. The number of ether oxygens (including phenoxy) is 1. The Morgan fingerprint density at radius 3 is 2.90 bits per heavy atom. The summed E-state index contributed by atoms with van der Waals surface area (Å²) in [6.07, 6.45) is 0.442. The van der Waals surface area contributed by atoms with E-state index in [0.717, 1.165) is 11.3 Å². The van der Waals surface area contributed by atoms with E-state index in [1.54, 1.807) is 6.07 Å². The minimum Gasteiger partial charge on any atom is -0.480 e. The molecule has 1 aliphatic heterocycles. The molecule has 4 rings (SSSR count). The van der Waals surface area contributed by atoms with E-state index in [2.05, 4.69) is 4.98 Å². The summed E-state index contributed by atoms with van der Waals surface area (Å²) in [6, 6.07) is 12.5. The van der Waals surface area contributed by atoms with E-state index in [0.29, 0.717) is 23.4 Å². The zero-order chi connectivity index (χ0) is 14.4. The highest BCUT2D eigenvalue weighted by Gasteiger charge is 2.28. The third kappa shape index (κ3) is 1.94. The molecule has 1 atom stereocenters. The summed E-state index contributed by atoms with van der Waals surface area (Å²) in [5, 5.41) is 8.99. The van der Waals surface area contributed by atoms with E-state index in [1.165, 1.54) is 12.1 Å². The summed E-state index contributed by atoms with van der Waals surface area (Å²) < 4.78 is 11.5. The molecular formula is C16H11NO4. The van der Waals surface area contributed by atoms with Crippen molar-refractivity contribution in [2.24, 2.45) is 0 Å². The minimum atomic E-state index is -0.987. The smallest absolute Gasteiger partial charge is 0.335 e. The molecule has 0 saturated heterocycles. The molecule has 0 bridgehead atoms. The van der Waals surface area contributed by atoms with Crippen LogP contribution in [0, 0.1) is 0 Å². The van der Waals surface area contributed by atoms with Gasteiger partial charge in [-0.15, -0.1) is 0 Å². The van der Waals surface area contributed by atoms with Crippen LogP contribution in [0.15, 0.2) is 46.9 Å². The van der Waals surface area contributed by atoms with E-state index in [9.17, 15) is 4.79 Å². The Labute approximate surface area is 119 Å². The van der Waals surface area contributed by atoms with Crippen molar-refractivity contribution in [1.82, 2.24) is 4.98 Å². The lowest BCUT2D eigenvalue weighted by molar-refractivity contribution is 0.0697. The van der Waals surface area contributed by atoms with E-state index in [1.807, 2.05) is 24.3 Å². The lowest BCUT2D eigenvalue weighted by Gasteiger charge is -2.04. The number of carboxylic acids is 1. The highest BCUT2D eigenvalue weighted by Crippen LogP contribution is 2.36. The molecule has 0 spiro atoms. The summed E-state index contributed by atoms with van der Waals surface area (Å²) in [5.74, 6) is 0.332. The maximum atomic E-state index is 11.0. The Morgan fingerprint density at radius 1 is 1.24 bits per heavy atom. The molecule has 1 N–H and O–H groups in total. The third-order valence-corrected chi connectivity index (χ3v) is 3.57. The van der Waals surface area contributed by atoms with Gasteiger partial charge in [-0.3, -0.25) is 0 Å². The third-order valence-electron chi connectivity index (χ3n) is 3.57. The Balaban J connectivity index is 1.71. The summed E-state index contributed by atoms with van der Waals surface area (Å²) in [4.78, 5) is 15.4. The number of nitrogens with zero attached hydrogens (tertiary/aromatic N) is 1. The topological polar surface area (TPSA) is 72.6 Å². The second-order valence-electron chi connectivity index (χ2n) is 4.96. The van der Waals surface area contributed by atoms with Crippen molar-refractivity contribution in [2.75, 3.05) is 0 Å². The van der Waals surface area contributed by atoms with Crippen LogP contribution in [-0.2, 0) is 6.42 Å². The van der Waals surface area contributed by atoms with Gasteiger partial charge in [0, 0.05) is 6.42 Å². The van der Waals surface area contributed by atoms with Crippen molar-refractivity contribution in [3.8, 4) is 5.75 Å². The predicted octanol–water partition coefficient (Wildman–Crippen LogP) is 3.20. The number of carboxylic acid groups (broad SMARTS) is 1. The van der Waals surface area contributed by atoms with Crippen LogP contribution in [0.25, 0.3) is 11.1 Å². The number of aromatic nitrogens is 1. The average molecular weight is 281 g/mol. The fraction of sp³-hybridized carbons (Fsp3) is 0.125. The molecule has 2 aromatic carbocycles. The number of rotatable bonds is 2. The first kappa shape index (κ1) is 12.0. The molecule has 2 heterocycles. The van der Waals surface area contributed by atoms with Crippen LogP contribution in [0.4, 0.5) is 0 Å². The number of benzene rings is 2. The molecule has 5 heteroatoms. The molecule has 0 fully saturated rings. The van der Waals surface area contributed by atoms with Crippen molar-refractivity contribution in [3.05, 3.63) is 59.5 Å². The molecule has 1 aliphatic rings. The van der Waals surface area contributed by atoms with Crippen LogP contribution in [-0.4, -0.2) is 16.1 Å². The van der Waals surface area contributed by atoms with Crippen molar-refractivity contribution in [2.45, 2.75) is 12.5 Å². The molecule has 0 radical (unpaired) electrons. The fourth-order valence-electron chi connectivity index (χ4n) is 2.53. The van der Waals surface area contributed by atoms with Gasteiger partial charge >= 0.3 is 5.97 Å². The molecule has 1 aromatic heterocycles. The summed E-state index contributed by atoms with van der Waals surface area (Å²) in [6.45, 7) is 0. The quantitative estimate of drug-likeness (QED) is 0.780. The van der Waals surface area contributed by atoms with Crippen LogP contribution in [0.5, 0.6) is 5.75 Å². The fourth-order valence-corrected chi connectivity index (χ4v) is 2.53. The second-order valence-corrected chi connectivity index (χ2v) is 4.96. The molecule has 21 heavy (non-hydrogen) atoms. The van der Waals surface area contributed by atoms with Crippen molar-refractivity contribution in [3.63, 3.8) is 0 Å². The highest BCUT2D eigenvalue weighted by atomic mass is 16.5. The van der Waals surface area contributed by atoms with Crippen LogP contribution in [0.2, 0.25) is 0 Å². The van der Waals surface area contributed by atoms with E-state index >= 15 is 0 Å². The van der Waals surface area contributed by atoms with Gasteiger partial charge in [-0.25, -0.2) is 9.78 Å². The lowest BCUT2D eigenvalue weighted by Crippen LogP contribution is -2.03. The standard InChI is InChI=1S/C16H11NO4/c18-16(19)10-5-6-11-13(8-10)21-15(17-11)14-7-9-3-1-2-4-12(9)20-14/h1-6,8,14H,7H2,(H,18,19). The van der Waals surface area contributed by atoms with Crippen LogP contribution in [0.3, 0.4) is 0 Å². The Hall–Kier alpha value is -2.82. The number of oxazole rings is 1. The normalized spacial score (nSPS) is 16.7. The van der Waals surface area contributed by atoms with Gasteiger partial charge in [0.1, 0.15) is 11.3 Å². The maximum Gasteiger partial charge on any atom is 0.335 e. The summed E-state index contributed by atoms with van der Waals surface area (Å²) in [7, 11) is 0. The number of hydrogen-bond acceptors (Lipinski definition) is 4. The van der Waals surface area contributed by atoms with E-state index in [-0.39, 0.29) is 11.7 Å². The minimum absolute atomic E-state index is 0.181. The number of para-hydroxylation sites is 1. The molecular weight excluding hydrogens is 270 g/mol. The van der Waals surface area contributed by atoms with E-state index in [4.69, 9.17) is 14.3 Å². The Kier molecular flexibility index (Phi) is 2.47. The largest absolute Gasteiger partial charge is 0.480 e. The molecule has 5 nitrogen and oxygen atoms in total. The SMILES string of the molecule is O=C(O)c1ccc2nc(C3Cc4ccccc4O3)oc2c1. The van der Waals surface area contributed by atoms with E-state index < -0.39 is 5.97 Å². The number of fused-ring (bicyclic) bond motifs is 2. The maximum absolute atomic E-state index is 11.0. The molecule has 3 aromatic rings. The van der Waals surface area contributed by atoms with Crippen LogP contribution < -0.4 is 4.74 Å². The molecule has 0 saturated carbocycles. The van der Waals surface area contributed by atoms with Gasteiger partial charge in [-0.2, -0.15) is 0 Å². The Morgan fingerprint density at radius 2 is 2.10 bits per heavy atom. The number of carbonyl (C=O) groups is 1. The van der Waals surface area contributed by atoms with Crippen molar-refractivity contribution < 1.29 is 19.1 Å². The lowest BCUT2D eigenvalue weighted by atomic mass is 10.1. The Bertz CT molecular complexity index is 827. The first-order chi connectivity index (χ1) is 10.2. The molecule has 104 valence electrons. The number of aromatic carboxylic acids is 1. The van der Waals surface area contributed by atoms with Gasteiger partial charge in [0.15, 0.2) is 11.7 Å². The monoisotopic (exact) mass is 281 g/mol. The summed E-state index contributed by atoms with van der Waals surface area (Å²) >= 11 is 0. The summed E-state index contributed by atoms with van der Waals surface area (Å²) in [5.41, 5.74) is 2.40. The highest BCUT2D eigenvalue weighted by molar-refractivity contribution is 5.91. The number of hydrogen-bond donors (Lipinski definition) is 1. The van der Waals surface area contributed by atoms with Gasteiger partial charge in [0.25, 0.3) is 0 Å².